The smallest absolute Gasteiger partial charge is 0.191 e. The molecule has 1 rings (SSSR count). The summed E-state index contributed by atoms with van der Waals surface area (Å²) in [6.45, 7) is 11.2. The summed E-state index contributed by atoms with van der Waals surface area (Å²) in [5.74, 6) is -0.937. The summed E-state index contributed by atoms with van der Waals surface area (Å²) >= 11 is 0. The minimum absolute atomic E-state index is 0.126. The van der Waals surface area contributed by atoms with Crippen molar-refractivity contribution in [3.63, 3.8) is 0 Å². The van der Waals surface area contributed by atoms with Crippen molar-refractivity contribution in [3.05, 3.63) is 35.4 Å². The summed E-state index contributed by atoms with van der Waals surface area (Å²) in [6.07, 6.45) is 0.479. The minimum Gasteiger partial charge on any atom is -0.417 e. The van der Waals surface area contributed by atoms with E-state index in [1.165, 1.54) is 0 Å². The maximum absolute atomic E-state index is 13.6. The molecule has 114 valence electrons. The van der Waals surface area contributed by atoms with Crippen LogP contribution in [0.2, 0.25) is 18.1 Å². The average Bonchev–Trinajstić information content (AvgIpc) is 2.30. The first-order valence-electron chi connectivity index (χ1n) is 6.89. The van der Waals surface area contributed by atoms with Crippen molar-refractivity contribution in [2.45, 2.75) is 51.4 Å². The monoisotopic (exact) mass is 301 g/mol. The predicted octanol–water partition coefficient (Wildman–Crippen LogP) is 4.38. The fraction of sp³-hybridized carbons (Fsp3) is 0.600. The highest BCUT2D eigenvalue weighted by atomic mass is 28.4. The van der Waals surface area contributed by atoms with Gasteiger partial charge >= 0.3 is 0 Å². The summed E-state index contributed by atoms with van der Waals surface area (Å²) in [7, 11) is -1.82. The molecule has 1 aromatic carbocycles. The molecule has 0 saturated heterocycles. The van der Waals surface area contributed by atoms with E-state index >= 15 is 0 Å². The van der Waals surface area contributed by atoms with E-state index in [0.717, 1.165) is 18.2 Å². The van der Waals surface area contributed by atoms with Crippen LogP contribution in [0.25, 0.3) is 0 Å². The van der Waals surface area contributed by atoms with Crippen LogP contribution in [0.3, 0.4) is 0 Å². The van der Waals surface area contributed by atoms with Crippen LogP contribution in [-0.4, -0.2) is 14.9 Å². The first-order chi connectivity index (χ1) is 9.04. The van der Waals surface area contributed by atoms with Crippen molar-refractivity contribution in [2.75, 3.05) is 6.61 Å². The Balaban J connectivity index is 2.60. The predicted molar refractivity (Wildman–Crippen MR) is 81.1 cm³/mol. The molecule has 0 saturated carbocycles. The Morgan fingerprint density at radius 2 is 1.85 bits per heavy atom. The Morgan fingerprint density at radius 1 is 1.25 bits per heavy atom. The quantitative estimate of drug-likeness (QED) is 0.819. The van der Waals surface area contributed by atoms with Gasteiger partial charge in [0.15, 0.2) is 8.32 Å². The molecule has 0 spiro atoms. The first-order valence-corrected chi connectivity index (χ1v) is 9.80. The second-order valence-electron chi connectivity index (χ2n) is 6.67. The van der Waals surface area contributed by atoms with Crippen LogP contribution in [0.5, 0.6) is 0 Å². The lowest BCUT2D eigenvalue weighted by atomic mass is 10.0. The third-order valence-corrected chi connectivity index (χ3v) is 8.59. The summed E-state index contributed by atoms with van der Waals surface area (Å²) < 4.78 is 32.7. The standard InChI is InChI=1S/C15H25F2NOSi/c1-15(2,3)20(4,5)19-9-8-14(18)12-10-11(16)6-7-13(12)17/h6-7,10,14H,8-9,18H2,1-5H3/t14-/m0/s1. The van der Waals surface area contributed by atoms with E-state index in [1.807, 2.05) is 0 Å². The summed E-state index contributed by atoms with van der Waals surface area (Å²) in [5.41, 5.74) is 6.14. The van der Waals surface area contributed by atoms with Crippen molar-refractivity contribution in [2.24, 2.45) is 5.73 Å². The van der Waals surface area contributed by atoms with E-state index in [1.54, 1.807) is 0 Å². The van der Waals surface area contributed by atoms with Crippen LogP contribution < -0.4 is 5.73 Å². The van der Waals surface area contributed by atoms with E-state index in [2.05, 4.69) is 33.9 Å². The molecule has 0 heterocycles. The van der Waals surface area contributed by atoms with Crippen LogP contribution in [0.1, 0.15) is 38.8 Å². The second kappa shape index (κ2) is 6.33. The molecule has 1 aromatic rings. The molecule has 0 unspecified atom stereocenters. The molecule has 0 aliphatic heterocycles. The van der Waals surface area contributed by atoms with Crippen LogP contribution in [0.4, 0.5) is 8.78 Å². The summed E-state index contributed by atoms with van der Waals surface area (Å²) in [4.78, 5) is 0. The van der Waals surface area contributed by atoms with Gasteiger partial charge in [-0.1, -0.05) is 20.8 Å². The fourth-order valence-corrected chi connectivity index (χ4v) is 2.67. The third-order valence-electron chi connectivity index (χ3n) is 4.06. The highest BCUT2D eigenvalue weighted by Gasteiger charge is 2.37. The lowest BCUT2D eigenvalue weighted by molar-refractivity contribution is 0.271. The Morgan fingerprint density at radius 3 is 2.40 bits per heavy atom. The maximum Gasteiger partial charge on any atom is 0.191 e. The number of nitrogens with two attached hydrogens (primary N) is 1. The SMILES string of the molecule is CC(C)(C)[Si](C)(C)OCC[C@H](N)c1cc(F)ccc1F. The van der Waals surface area contributed by atoms with E-state index in [9.17, 15) is 8.78 Å². The molecule has 0 radical (unpaired) electrons. The van der Waals surface area contributed by atoms with Gasteiger partial charge in [0.1, 0.15) is 11.6 Å². The lowest BCUT2D eigenvalue weighted by Crippen LogP contribution is -2.41. The van der Waals surface area contributed by atoms with Gasteiger partial charge < -0.3 is 10.2 Å². The van der Waals surface area contributed by atoms with Gasteiger partial charge in [0.2, 0.25) is 0 Å². The second-order valence-corrected chi connectivity index (χ2v) is 11.5. The molecule has 0 amide bonds. The zero-order valence-corrected chi connectivity index (χ0v) is 14.0. The number of halogens is 2. The van der Waals surface area contributed by atoms with Gasteiger partial charge in [0, 0.05) is 18.2 Å². The molecule has 5 heteroatoms. The van der Waals surface area contributed by atoms with Gasteiger partial charge in [0.05, 0.1) is 0 Å². The molecule has 2 N–H and O–H groups in total. The molecular weight excluding hydrogens is 276 g/mol. The number of rotatable bonds is 5. The molecule has 2 nitrogen and oxygen atoms in total. The number of benzene rings is 1. The maximum atomic E-state index is 13.6. The largest absolute Gasteiger partial charge is 0.417 e. The Hall–Kier alpha value is -0.783. The fourth-order valence-electron chi connectivity index (χ4n) is 1.61. The summed E-state index contributed by atoms with van der Waals surface area (Å²) in [6, 6.07) is 2.82. The van der Waals surface area contributed by atoms with E-state index in [0.29, 0.717) is 13.0 Å². The third kappa shape index (κ3) is 4.36. The van der Waals surface area contributed by atoms with Crippen LogP contribution in [-0.2, 0) is 4.43 Å². The molecule has 0 aliphatic rings. The normalized spacial score (nSPS) is 14.4. The lowest BCUT2D eigenvalue weighted by Gasteiger charge is -2.36. The highest BCUT2D eigenvalue weighted by molar-refractivity contribution is 6.74. The molecule has 1 atom stereocenters. The topological polar surface area (TPSA) is 35.2 Å². The van der Waals surface area contributed by atoms with Gasteiger partial charge in [-0.2, -0.15) is 0 Å². The van der Waals surface area contributed by atoms with Crippen molar-refractivity contribution in [3.8, 4) is 0 Å². The van der Waals surface area contributed by atoms with Crippen LogP contribution >= 0.6 is 0 Å². The van der Waals surface area contributed by atoms with E-state index < -0.39 is 26.0 Å². The number of hydrogen-bond acceptors (Lipinski definition) is 2. The minimum atomic E-state index is -1.82. The van der Waals surface area contributed by atoms with E-state index in [4.69, 9.17) is 10.2 Å². The van der Waals surface area contributed by atoms with Gasteiger partial charge in [-0.25, -0.2) is 8.78 Å². The zero-order valence-electron chi connectivity index (χ0n) is 13.0. The number of hydrogen-bond donors (Lipinski definition) is 1. The molecule has 20 heavy (non-hydrogen) atoms. The van der Waals surface area contributed by atoms with Crippen LogP contribution in [0, 0.1) is 11.6 Å². The van der Waals surface area contributed by atoms with Crippen molar-refractivity contribution >= 4 is 8.32 Å². The molecule has 0 aliphatic carbocycles. The average molecular weight is 301 g/mol. The van der Waals surface area contributed by atoms with Gasteiger partial charge in [-0.3, -0.25) is 0 Å². The Bertz CT molecular complexity index is 458. The molecule has 0 aromatic heterocycles. The van der Waals surface area contributed by atoms with E-state index in [-0.39, 0.29) is 10.6 Å². The van der Waals surface area contributed by atoms with Crippen molar-refractivity contribution < 1.29 is 13.2 Å². The highest BCUT2D eigenvalue weighted by Crippen LogP contribution is 2.36. The molecule has 0 bridgehead atoms. The first kappa shape index (κ1) is 17.3. The van der Waals surface area contributed by atoms with Gasteiger partial charge in [-0.15, -0.1) is 0 Å². The summed E-state index contributed by atoms with van der Waals surface area (Å²) in [5, 5.41) is 0.126. The van der Waals surface area contributed by atoms with Gasteiger partial charge in [-0.05, 0) is 42.8 Å². The van der Waals surface area contributed by atoms with Crippen LogP contribution in [0.15, 0.2) is 18.2 Å². The molecule has 0 fully saturated rings. The van der Waals surface area contributed by atoms with Gasteiger partial charge in [0.25, 0.3) is 0 Å². The Labute approximate surface area is 121 Å². The molecular formula is C15H25F2NOSi. The Kier molecular flexibility index (Phi) is 5.46. The van der Waals surface area contributed by atoms with Crippen molar-refractivity contribution in [1.29, 1.82) is 0 Å². The zero-order chi connectivity index (χ0) is 15.6. The van der Waals surface area contributed by atoms with Crippen molar-refractivity contribution in [1.82, 2.24) is 0 Å².